The molecular weight excluding hydrogens is 226 g/mol. The molecule has 4 heteroatoms. The fraction of sp³-hybridized carbons (Fsp3) is 0.857. The summed E-state index contributed by atoms with van der Waals surface area (Å²) in [7, 11) is 0. The Hall–Kier alpha value is -0.900. The Bertz CT molecular complexity index is 343. The molecule has 4 nitrogen and oxygen atoms in total. The average Bonchev–Trinajstić information content (AvgIpc) is 2.84. The van der Waals surface area contributed by atoms with Gasteiger partial charge in [-0.1, -0.05) is 31.3 Å². The summed E-state index contributed by atoms with van der Waals surface area (Å²) in [5.41, 5.74) is 5.47. The van der Waals surface area contributed by atoms with E-state index in [4.69, 9.17) is 10.3 Å². The Morgan fingerprint density at radius 3 is 2.67 bits per heavy atom. The van der Waals surface area contributed by atoms with Crippen LogP contribution in [0.2, 0.25) is 0 Å². The fourth-order valence-electron chi connectivity index (χ4n) is 2.65. The number of unbranched alkanes of at least 4 members (excludes halogenated alkanes) is 2. The standard InChI is InChI=1S/C14H25N3O/c1-11-6-8-12(9-7-11)14-16-13(18-17-14)5-3-2-4-10-15/h11-12H,2-10,15H2,1H3. The Morgan fingerprint density at radius 1 is 1.17 bits per heavy atom. The van der Waals surface area contributed by atoms with Gasteiger partial charge in [0.2, 0.25) is 5.89 Å². The second kappa shape index (κ2) is 6.88. The molecule has 1 aliphatic rings. The van der Waals surface area contributed by atoms with E-state index in [1.54, 1.807) is 0 Å². The molecule has 0 aromatic carbocycles. The normalized spacial score (nSPS) is 24.3. The van der Waals surface area contributed by atoms with E-state index in [1.807, 2.05) is 0 Å². The average molecular weight is 251 g/mol. The minimum Gasteiger partial charge on any atom is -0.339 e. The van der Waals surface area contributed by atoms with E-state index in [0.29, 0.717) is 5.92 Å². The van der Waals surface area contributed by atoms with Crippen molar-refractivity contribution in [2.24, 2.45) is 11.7 Å². The minimum absolute atomic E-state index is 0.530. The summed E-state index contributed by atoms with van der Waals surface area (Å²) < 4.78 is 5.33. The number of hydrogen-bond donors (Lipinski definition) is 1. The Balaban J connectivity index is 1.78. The first kappa shape index (κ1) is 13.5. The molecular formula is C14H25N3O. The van der Waals surface area contributed by atoms with Crippen molar-refractivity contribution in [3.05, 3.63) is 11.7 Å². The lowest BCUT2D eigenvalue weighted by Gasteiger charge is -2.23. The van der Waals surface area contributed by atoms with Crippen molar-refractivity contribution in [2.45, 2.75) is 64.2 Å². The number of rotatable bonds is 6. The zero-order valence-corrected chi connectivity index (χ0v) is 11.4. The van der Waals surface area contributed by atoms with Gasteiger partial charge in [-0.25, -0.2) is 0 Å². The molecule has 1 aromatic heterocycles. The maximum Gasteiger partial charge on any atom is 0.226 e. The van der Waals surface area contributed by atoms with Crippen molar-refractivity contribution in [3.8, 4) is 0 Å². The first-order valence-corrected chi connectivity index (χ1v) is 7.32. The largest absolute Gasteiger partial charge is 0.339 e. The summed E-state index contributed by atoms with van der Waals surface area (Å²) in [6, 6.07) is 0. The molecule has 0 radical (unpaired) electrons. The summed E-state index contributed by atoms with van der Waals surface area (Å²) in [5.74, 6) is 3.14. The van der Waals surface area contributed by atoms with Crippen molar-refractivity contribution >= 4 is 0 Å². The lowest BCUT2D eigenvalue weighted by atomic mass is 9.83. The van der Waals surface area contributed by atoms with Crippen molar-refractivity contribution in [3.63, 3.8) is 0 Å². The van der Waals surface area contributed by atoms with Gasteiger partial charge in [-0.3, -0.25) is 0 Å². The van der Waals surface area contributed by atoms with Crippen LogP contribution in [-0.4, -0.2) is 16.7 Å². The van der Waals surface area contributed by atoms with Crippen molar-refractivity contribution in [1.82, 2.24) is 10.1 Å². The first-order chi connectivity index (χ1) is 8.79. The molecule has 102 valence electrons. The van der Waals surface area contributed by atoms with E-state index in [0.717, 1.165) is 49.9 Å². The number of nitrogens with zero attached hydrogens (tertiary/aromatic N) is 2. The van der Waals surface area contributed by atoms with E-state index in [9.17, 15) is 0 Å². The molecule has 0 atom stereocenters. The maximum absolute atomic E-state index is 5.47. The molecule has 1 aromatic rings. The van der Waals surface area contributed by atoms with Crippen LogP contribution in [0.3, 0.4) is 0 Å². The topological polar surface area (TPSA) is 64.9 Å². The predicted octanol–water partition coefficient (Wildman–Crippen LogP) is 3.03. The minimum atomic E-state index is 0.530. The van der Waals surface area contributed by atoms with Crippen LogP contribution in [0.5, 0.6) is 0 Å². The molecule has 1 heterocycles. The first-order valence-electron chi connectivity index (χ1n) is 7.32. The van der Waals surface area contributed by atoms with Gasteiger partial charge < -0.3 is 10.3 Å². The molecule has 0 bridgehead atoms. The van der Waals surface area contributed by atoms with E-state index >= 15 is 0 Å². The molecule has 0 spiro atoms. The van der Waals surface area contributed by atoms with Gasteiger partial charge in [0.1, 0.15) is 0 Å². The van der Waals surface area contributed by atoms with Crippen LogP contribution < -0.4 is 5.73 Å². The predicted molar refractivity (Wildman–Crippen MR) is 71.3 cm³/mol. The molecule has 0 amide bonds. The summed E-state index contributed by atoms with van der Waals surface area (Å²) in [6.07, 6.45) is 9.25. The number of nitrogens with two attached hydrogens (primary N) is 1. The van der Waals surface area contributed by atoms with Gasteiger partial charge >= 0.3 is 0 Å². The van der Waals surface area contributed by atoms with Crippen molar-refractivity contribution in [1.29, 1.82) is 0 Å². The smallest absolute Gasteiger partial charge is 0.226 e. The van der Waals surface area contributed by atoms with E-state index in [1.165, 1.54) is 25.7 Å². The van der Waals surface area contributed by atoms with E-state index in [2.05, 4.69) is 17.1 Å². The zero-order valence-electron chi connectivity index (χ0n) is 11.4. The maximum atomic E-state index is 5.47. The van der Waals surface area contributed by atoms with E-state index in [-0.39, 0.29) is 0 Å². The Morgan fingerprint density at radius 2 is 1.94 bits per heavy atom. The summed E-state index contributed by atoms with van der Waals surface area (Å²) >= 11 is 0. The third-order valence-electron chi connectivity index (χ3n) is 3.96. The van der Waals surface area contributed by atoms with Gasteiger partial charge in [0.05, 0.1) is 0 Å². The van der Waals surface area contributed by atoms with Crippen LogP contribution in [0.25, 0.3) is 0 Å². The second-order valence-corrected chi connectivity index (χ2v) is 5.60. The lowest BCUT2D eigenvalue weighted by Crippen LogP contribution is -2.12. The zero-order chi connectivity index (χ0) is 12.8. The number of hydrogen-bond acceptors (Lipinski definition) is 4. The van der Waals surface area contributed by atoms with Gasteiger partial charge in [0, 0.05) is 12.3 Å². The number of aromatic nitrogens is 2. The highest BCUT2D eigenvalue weighted by atomic mass is 16.5. The van der Waals surface area contributed by atoms with Crippen LogP contribution in [0.1, 0.15) is 69.5 Å². The van der Waals surface area contributed by atoms with Crippen LogP contribution in [-0.2, 0) is 6.42 Å². The quantitative estimate of drug-likeness (QED) is 0.789. The molecule has 1 fully saturated rings. The third-order valence-corrected chi connectivity index (χ3v) is 3.96. The van der Waals surface area contributed by atoms with Gasteiger partial charge in [-0.15, -0.1) is 0 Å². The fourth-order valence-corrected chi connectivity index (χ4v) is 2.65. The van der Waals surface area contributed by atoms with Crippen molar-refractivity contribution < 1.29 is 4.52 Å². The SMILES string of the molecule is CC1CCC(c2noc(CCCCCN)n2)CC1. The molecule has 0 aliphatic heterocycles. The third kappa shape index (κ3) is 3.80. The lowest BCUT2D eigenvalue weighted by molar-refractivity contribution is 0.323. The van der Waals surface area contributed by atoms with E-state index < -0.39 is 0 Å². The second-order valence-electron chi connectivity index (χ2n) is 5.60. The molecule has 18 heavy (non-hydrogen) atoms. The van der Waals surface area contributed by atoms with Crippen LogP contribution >= 0.6 is 0 Å². The highest BCUT2D eigenvalue weighted by molar-refractivity contribution is 4.97. The molecule has 2 rings (SSSR count). The molecule has 1 saturated carbocycles. The van der Waals surface area contributed by atoms with Gasteiger partial charge in [-0.2, -0.15) is 4.98 Å². The molecule has 2 N–H and O–H groups in total. The highest BCUT2D eigenvalue weighted by Crippen LogP contribution is 2.34. The summed E-state index contributed by atoms with van der Waals surface area (Å²) in [4.78, 5) is 4.55. The number of aryl methyl sites for hydroxylation is 1. The summed E-state index contributed by atoms with van der Waals surface area (Å²) in [5, 5.41) is 4.15. The summed E-state index contributed by atoms with van der Waals surface area (Å²) in [6.45, 7) is 3.10. The van der Waals surface area contributed by atoms with Gasteiger partial charge in [0.25, 0.3) is 0 Å². The molecule has 0 saturated heterocycles. The van der Waals surface area contributed by atoms with Gasteiger partial charge in [0.15, 0.2) is 5.82 Å². The van der Waals surface area contributed by atoms with Crippen LogP contribution in [0.4, 0.5) is 0 Å². The van der Waals surface area contributed by atoms with Gasteiger partial charge in [-0.05, 0) is 38.1 Å². The highest BCUT2D eigenvalue weighted by Gasteiger charge is 2.23. The molecule has 1 aliphatic carbocycles. The monoisotopic (exact) mass is 251 g/mol. The van der Waals surface area contributed by atoms with Crippen LogP contribution in [0.15, 0.2) is 4.52 Å². The Kier molecular flexibility index (Phi) is 5.17. The molecule has 0 unspecified atom stereocenters. The van der Waals surface area contributed by atoms with Crippen molar-refractivity contribution in [2.75, 3.05) is 6.54 Å². The Labute approximate surface area is 109 Å². The van der Waals surface area contributed by atoms with Crippen LogP contribution in [0, 0.1) is 5.92 Å².